The molecule has 0 aromatic carbocycles. The minimum absolute atomic E-state index is 0.170. The maximum Gasteiger partial charge on any atom is 0.328 e. The first kappa shape index (κ1) is 12.5. The molecule has 1 saturated heterocycles. The van der Waals surface area contributed by atoms with Gasteiger partial charge >= 0.3 is 5.97 Å². The van der Waals surface area contributed by atoms with Gasteiger partial charge in [0.1, 0.15) is 6.04 Å². The minimum Gasteiger partial charge on any atom is -0.467 e. The number of likely N-dealkylation sites (tertiary alicyclic amines) is 1. The maximum atomic E-state index is 11.7. The second kappa shape index (κ2) is 5.52. The van der Waals surface area contributed by atoms with Gasteiger partial charge in [-0.05, 0) is 0 Å². The summed E-state index contributed by atoms with van der Waals surface area (Å²) in [5.74, 6) is 1.65. The quantitative estimate of drug-likeness (QED) is 0.521. The van der Waals surface area contributed by atoms with Crippen LogP contribution in [0, 0.1) is 12.3 Å². The number of hydrogen-bond donors (Lipinski definition) is 1. The van der Waals surface area contributed by atoms with Crippen LogP contribution in [0.2, 0.25) is 0 Å². The van der Waals surface area contributed by atoms with Crippen molar-refractivity contribution in [3.63, 3.8) is 0 Å². The molecular formula is C11H15NO4. The van der Waals surface area contributed by atoms with E-state index >= 15 is 0 Å². The zero-order valence-electron chi connectivity index (χ0n) is 9.18. The lowest BCUT2D eigenvalue weighted by Gasteiger charge is -2.21. The van der Waals surface area contributed by atoms with Crippen LogP contribution in [0.4, 0.5) is 0 Å². The highest BCUT2D eigenvalue weighted by Crippen LogP contribution is 2.20. The number of methoxy groups -OCH3 is 1. The standard InChI is InChI=1S/C11H15NO4/c1-3-4-5-10(14)12-7-8(13)6-9(12)11(15)16-2/h1,8-9,13H,4-7H2,2H3. The normalized spacial score (nSPS) is 23.9. The number of β-amino-alcohol motifs (C(OH)–C–C–N with tert-alkyl or cyclic N) is 1. The molecule has 0 spiro atoms. The molecule has 2 atom stereocenters. The third-order valence-corrected chi connectivity index (χ3v) is 2.56. The Morgan fingerprint density at radius 1 is 1.62 bits per heavy atom. The summed E-state index contributed by atoms with van der Waals surface area (Å²) in [6.45, 7) is 0.170. The van der Waals surface area contributed by atoms with Gasteiger partial charge < -0.3 is 14.7 Å². The third-order valence-electron chi connectivity index (χ3n) is 2.56. The molecular weight excluding hydrogens is 210 g/mol. The van der Waals surface area contributed by atoms with Gasteiger partial charge in [0.05, 0.1) is 13.2 Å². The zero-order valence-corrected chi connectivity index (χ0v) is 9.18. The van der Waals surface area contributed by atoms with Crippen LogP contribution >= 0.6 is 0 Å². The van der Waals surface area contributed by atoms with Crippen LogP contribution in [0.3, 0.4) is 0 Å². The lowest BCUT2D eigenvalue weighted by Crippen LogP contribution is -2.41. The average molecular weight is 225 g/mol. The Balaban J connectivity index is 2.66. The molecule has 1 aliphatic heterocycles. The smallest absolute Gasteiger partial charge is 0.328 e. The summed E-state index contributed by atoms with van der Waals surface area (Å²) in [5, 5.41) is 9.45. The summed E-state index contributed by atoms with van der Waals surface area (Å²) in [6.07, 6.45) is 5.15. The van der Waals surface area contributed by atoms with Gasteiger partial charge in [-0.15, -0.1) is 12.3 Å². The van der Waals surface area contributed by atoms with Crippen molar-refractivity contribution in [2.45, 2.75) is 31.4 Å². The van der Waals surface area contributed by atoms with E-state index in [1.165, 1.54) is 12.0 Å². The van der Waals surface area contributed by atoms with Crippen LogP contribution in [0.15, 0.2) is 0 Å². The molecule has 1 aliphatic rings. The zero-order chi connectivity index (χ0) is 12.1. The van der Waals surface area contributed by atoms with Gasteiger partial charge in [-0.2, -0.15) is 0 Å². The van der Waals surface area contributed by atoms with E-state index < -0.39 is 18.1 Å². The van der Waals surface area contributed by atoms with Gasteiger partial charge in [0.25, 0.3) is 0 Å². The lowest BCUT2D eigenvalue weighted by atomic mass is 10.2. The van der Waals surface area contributed by atoms with Crippen LogP contribution in [0.5, 0.6) is 0 Å². The van der Waals surface area contributed by atoms with Gasteiger partial charge in [-0.1, -0.05) is 0 Å². The molecule has 1 amide bonds. The minimum atomic E-state index is -0.676. The Labute approximate surface area is 94.4 Å². The van der Waals surface area contributed by atoms with E-state index in [2.05, 4.69) is 10.7 Å². The second-order valence-electron chi connectivity index (χ2n) is 3.68. The number of ether oxygens (including phenoxy) is 1. The fraction of sp³-hybridized carbons (Fsp3) is 0.636. The molecule has 88 valence electrons. The summed E-state index contributed by atoms with van der Waals surface area (Å²) in [6, 6.07) is -0.676. The second-order valence-corrected chi connectivity index (χ2v) is 3.68. The van der Waals surface area contributed by atoms with Crippen molar-refractivity contribution in [2.75, 3.05) is 13.7 Å². The van der Waals surface area contributed by atoms with E-state index in [1.54, 1.807) is 0 Å². The molecule has 5 nitrogen and oxygen atoms in total. The summed E-state index contributed by atoms with van der Waals surface area (Å²) in [7, 11) is 1.26. The van der Waals surface area contributed by atoms with E-state index in [9.17, 15) is 14.7 Å². The number of nitrogens with zero attached hydrogens (tertiary/aromatic N) is 1. The Hall–Kier alpha value is -1.54. The number of hydrogen-bond acceptors (Lipinski definition) is 4. The molecule has 2 unspecified atom stereocenters. The number of aliphatic hydroxyl groups excluding tert-OH is 1. The van der Waals surface area contributed by atoms with Gasteiger partial charge in [-0.25, -0.2) is 4.79 Å². The van der Waals surface area contributed by atoms with Gasteiger partial charge in [0, 0.05) is 25.8 Å². The number of esters is 1. The first-order valence-electron chi connectivity index (χ1n) is 5.09. The van der Waals surface area contributed by atoms with E-state index in [-0.39, 0.29) is 25.3 Å². The summed E-state index contributed by atoms with van der Waals surface area (Å²) in [4.78, 5) is 24.4. The molecule has 0 aromatic heterocycles. The highest BCUT2D eigenvalue weighted by molar-refractivity contribution is 5.85. The highest BCUT2D eigenvalue weighted by atomic mass is 16.5. The van der Waals surface area contributed by atoms with Crippen LogP contribution in [0.25, 0.3) is 0 Å². The van der Waals surface area contributed by atoms with E-state index in [0.717, 1.165) is 0 Å². The fourth-order valence-electron chi connectivity index (χ4n) is 1.77. The van der Waals surface area contributed by atoms with Crippen LogP contribution in [-0.4, -0.2) is 47.7 Å². The van der Waals surface area contributed by atoms with Crippen molar-refractivity contribution in [3.05, 3.63) is 0 Å². The molecule has 0 bridgehead atoms. The van der Waals surface area contributed by atoms with Crippen molar-refractivity contribution in [1.82, 2.24) is 4.90 Å². The van der Waals surface area contributed by atoms with E-state index in [4.69, 9.17) is 6.42 Å². The van der Waals surface area contributed by atoms with Crippen LogP contribution < -0.4 is 0 Å². The molecule has 0 aromatic rings. The SMILES string of the molecule is C#CCCC(=O)N1CC(O)CC1C(=O)OC. The van der Waals surface area contributed by atoms with Crippen molar-refractivity contribution in [1.29, 1.82) is 0 Å². The van der Waals surface area contributed by atoms with Gasteiger partial charge in [0.2, 0.25) is 5.91 Å². The third kappa shape index (κ3) is 2.74. The largest absolute Gasteiger partial charge is 0.467 e. The summed E-state index contributed by atoms with van der Waals surface area (Å²) in [5.41, 5.74) is 0. The van der Waals surface area contributed by atoms with Crippen molar-refractivity contribution < 1.29 is 19.4 Å². The van der Waals surface area contributed by atoms with Crippen molar-refractivity contribution in [3.8, 4) is 12.3 Å². The van der Waals surface area contributed by atoms with Gasteiger partial charge in [0.15, 0.2) is 0 Å². The summed E-state index contributed by atoms with van der Waals surface area (Å²) >= 11 is 0. The number of carbonyl (C=O) groups excluding carboxylic acids is 2. The summed E-state index contributed by atoms with van der Waals surface area (Å²) < 4.78 is 4.58. The number of amides is 1. The van der Waals surface area contributed by atoms with Crippen LogP contribution in [-0.2, 0) is 14.3 Å². The highest BCUT2D eigenvalue weighted by Gasteiger charge is 2.39. The predicted molar refractivity (Wildman–Crippen MR) is 56.2 cm³/mol. The van der Waals surface area contributed by atoms with Gasteiger partial charge in [-0.3, -0.25) is 4.79 Å². The first-order chi connectivity index (χ1) is 7.60. The molecule has 0 saturated carbocycles. The monoisotopic (exact) mass is 225 g/mol. The number of rotatable bonds is 3. The molecule has 16 heavy (non-hydrogen) atoms. The Bertz CT molecular complexity index is 320. The van der Waals surface area contributed by atoms with E-state index in [1.807, 2.05) is 0 Å². The maximum absolute atomic E-state index is 11.7. The predicted octanol–water partition coefficient (Wildman–Crippen LogP) is -0.465. The number of aliphatic hydroxyl groups is 1. The Morgan fingerprint density at radius 3 is 2.88 bits per heavy atom. The van der Waals surface area contributed by atoms with E-state index in [0.29, 0.717) is 6.42 Å². The molecule has 0 aliphatic carbocycles. The number of carbonyl (C=O) groups is 2. The Morgan fingerprint density at radius 2 is 2.31 bits per heavy atom. The Kier molecular flexibility index (Phi) is 4.32. The molecule has 5 heteroatoms. The average Bonchev–Trinajstić information content (AvgIpc) is 2.67. The number of terminal acetylenes is 1. The molecule has 1 rings (SSSR count). The molecule has 0 radical (unpaired) electrons. The first-order valence-corrected chi connectivity index (χ1v) is 5.09. The topological polar surface area (TPSA) is 66.8 Å². The van der Waals surface area contributed by atoms with Crippen molar-refractivity contribution in [2.24, 2.45) is 0 Å². The molecule has 1 N–H and O–H groups in total. The fourth-order valence-corrected chi connectivity index (χ4v) is 1.77. The van der Waals surface area contributed by atoms with Crippen LogP contribution in [0.1, 0.15) is 19.3 Å². The lowest BCUT2D eigenvalue weighted by molar-refractivity contribution is -0.150. The molecule has 1 heterocycles. The van der Waals surface area contributed by atoms with Crippen molar-refractivity contribution >= 4 is 11.9 Å². The molecule has 1 fully saturated rings.